The van der Waals surface area contributed by atoms with Crippen LogP contribution >= 0.6 is 0 Å². The largest absolute Gasteiger partial charge is 0.308 e. The van der Waals surface area contributed by atoms with Crippen molar-refractivity contribution in [3.05, 3.63) is 161 Å². The summed E-state index contributed by atoms with van der Waals surface area (Å²) in [6.07, 6.45) is 0. The average molecular weight is 811 g/mol. The first-order chi connectivity index (χ1) is 29.2. The molecule has 62 heavy (non-hydrogen) atoms. The predicted molar refractivity (Wildman–Crippen MR) is 263 cm³/mol. The van der Waals surface area contributed by atoms with E-state index in [0.29, 0.717) is 5.56 Å². The third kappa shape index (κ3) is 6.98. The first-order valence-electron chi connectivity index (χ1n) is 22.0. The van der Waals surface area contributed by atoms with Crippen LogP contribution in [0.1, 0.15) is 111 Å². The Labute approximate surface area is 367 Å². The highest BCUT2D eigenvalue weighted by Gasteiger charge is 2.27. The van der Waals surface area contributed by atoms with Crippen LogP contribution in [-0.4, -0.2) is 14.1 Å². The highest BCUT2D eigenvalue weighted by Crippen LogP contribution is 2.43. The van der Waals surface area contributed by atoms with Crippen LogP contribution < -0.4 is 0 Å². The van der Waals surface area contributed by atoms with Crippen molar-refractivity contribution < 1.29 is 0 Å². The lowest BCUT2D eigenvalue weighted by atomic mass is 9.85. The lowest BCUT2D eigenvalue weighted by Crippen LogP contribution is -2.11. The fourth-order valence-electron chi connectivity index (χ4n) is 9.02. The number of nitriles is 1. The summed E-state index contributed by atoms with van der Waals surface area (Å²) in [4.78, 5) is 5.32. The summed E-state index contributed by atoms with van der Waals surface area (Å²) in [7, 11) is 0. The summed E-state index contributed by atoms with van der Waals surface area (Å²) in [5.41, 5.74) is 15.2. The first-order valence-corrected chi connectivity index (χ1v) is 22.0. The number of benzene rings is 6. The number of fused-ring (bicyclic) bond motifs is 6. The van der Waals surface area contributed by atoms with E-state index in [2.05, 4.69) is 226 Å². The van der Waals surface area contributed by atoms with Gasteiger partial charge in [0.1, 0.15) is 11.6 Å². The van der Waals surface area contributed by atoms with Gasteiger partial charge >= 0.3 is 0 Å². The van der Waals surface area contributed by atoms with E-state index < -0.39 is 0 Å². The van der Waals surface area contributed by atoms with Gasteiger partial charge in [-0.1, -0.05) is 144 Å². The van der Waals surface area contributed by atoms with Gasteiger partial charge in [-0.05, 0) is 117 Å². The zero-order valence-corrected chi connectivity index (χ0v) is 38.5. The van der Waals surface area contributed by atoms with Crippen LogP contribution in [-0.2, 0) is 21.7 Å². The predicted octanol–water partition coefficient (Wildman–Crippen LogP) is 15.7. The molecule has 4 nitrogen and oxygen atoms in total. The van der Waals surface area contributed by atoms with Crippen LogP contribution in [0.3, 0.4) is 0 Å². The molecule has 0 fully saturated rings. The van der Waals surface area contributed by atoms with E-state index in [0.717, 1.165) is 56.0 Å². The van der Waals surface area contributed by atoms with E-state index in [4.69, 9.17) is 4.98 Å². The average Bonchev–Trinajstić information content (AvgIpc) is 3.73. The number of nitrogens with zero attached hydrogens (tertiary/aromatic N) is 4. The van der Waals surface area contributed by atoms with Gasteiger partial charge < -0.3 is 9.13 Å². The standard InChI is InChI=1S/C58H58N4/c1-55(2,3)38-21-25-49-42(31-38)43-32-39(56(4,5)6)22-26-50(43)61(49)53-29-37(48-20-16-19-47(60-48)36-17-14-13-15-18-36)30-54(46(53)35-59)62-51-27-23-40(57(7,8)9)33-44(51)45-34-41(58(10,11)12)24-28-52(45)62/h13-34H,1-12H3. The minimum absolute atomic E-state index is 0.0408. The van der Waals surface area contributed by atoms with Crippen molar-refractivity contribution in [3.8, 4) is 40.0 Å². The second kappa shape index (κ2) is 14.3. The second-order valence-corrected chi connectivity index (χ2v) is 21.4. The molecule has 0 N–H and O–H groups in total. The second-order valence-electron chi connectivity index (χ2n) is 21.4. The molecule has 310 valence electrons. The van der Waals surface area contributed by atoms with Gasteiger partial charge in [0.15, 0.2) is 0 Å². The molecule has 0 bridgehead atoms. The number of hydrogen-bond donors (Lipinski definition) is 0. The number of rotatable bonds is 4. The normalized spacial score (nSPS) is 12.8. The van der Waals surface area contributed by atoms with Crippen molar-refractivity contribution in [2.75, 3.05) is 0 Å². The molecule has 6 aromatic carbocycles. The Bertz CT molecular complexity index is 2950. The van der Waals surface area contributed by atoms with Crippen LogP contribution in [0, 0.1) is 11.3 Å². The van der Waals surface area contributed by atoms with E-state index in [1.54, 1.807) is 0 Å². The summed E-state index contributed by atoms with van der Waals surface area (Å²) in [6, 6.07) is 51.4. The van der Waals surface area contributed by atoms with Crippen molar-refractivity contribution in [2.24, 2.45) is 0 Å². The van der Waals surface area contributed by atoms with Gasteiger partial charge in [-0.3, -0.25) is 0 Å². The van der Waals surface area contributed by atoms with Gasteiger partial charge in [0, 0.05) is 32.7 Å². The molecule has 0 amide bonds. The van der Waals surface area contributed by atoms with Crippen LogP contribution in [0.4, 0.5) is 0 Å². The summed E-state index contributed by atoms with van der Waals surface area (Å²) in [6.45, 7) is 27.3. The Hall–Kier alpha value is -6.44. The molecule has 0 atom stereocenters. The maximum atomic E-state index is 11.7. The fraction of sp³-hybridized carbons (Fsp3) is 0.276. The number of aromatic nitrogens is 3. The minimum atomic E-state index is -0.0408. The zero-order valence-electron chi connectivity index (χ0n) is 38.5. The van der Waals surface area contributed by atoms with E-state index in [1.807, 2.05) is 6.07 Å². The zero-order chi connectivity index (χ0) is 44.1. The molecule has 4 heteroatoms. The van der Waals surface area contributed by atoms with Crippen LogP contribution in [0.2, 0.25) is 0 Å². The maximum Gasteiger partial charge on any atom is 0.104 e. The lowest BCUT2D eigenvalue weighted by molar-refractivity contribution is 0.590. The molecule has 9 rings (SSSR count). The third-order valence-electron chi connectivity index (χ3n) is 12.8. The molecule has 0 aliphatic heterocycles. The van der Waals surface area contributed by atoms with E-state index >= 15 is 0 Å². The van der Waals surface area contributed by atoms with Gasteiger partial charge in [0.25, 0.3) is 0 Å². The fourth-order valence-corrected chi connectivity index (χ4v) is 9.02. The summed E-state index contributed by atoms with van der Waals surface area (Å²) >= 11 is 0. The van der Waals surface area contributed by atoms with Crippen LogP contribution in [0.5, 0.6) is 0 Å². The van der Waals surface area contributed by atoms with Gasteiger partial charge in [-0.25, -0.2) is 4.98 Å². The summed E-state index contributed by atoms with van der Waals surface area (Å²) in [5, 5.41) is 16.4. The summed E-state index contributed by atoms with van der Waals surface area (Å²) in [5.74, 6) is 0. The molecule has 0 aliphatic rings. The van der Waals surface area contributed by atoms with Crippen LogP contribution in [0.25, 0.3) is 77.5 Å². The molecule has 0 unspecified atom stereocenters. The molecule has 3 heterocycles. The molecule has 0 saturated carbocycles. The molecule has 0 spiro atoms. The molecule has 0 radical (unpaired) electrons. The first kappa shape index (κ1) is 40.9. The van der Waals surface area contributed by atoms with Gasteiger partial charge in [0.2, 0.25) is 0 Å². The van der Waals surface area contributed by atoms with Gasteiger partial charge in [-0.2, -0.15) is 5.26 Å². The Morgan fingerprint density at radius 2 is 0.726 bits per heavy atom. The van der Waals surface area contributed by atoms with E-state index in [9.17, 15) is 5.26 Å². The van der Waals surface area contributed by atoms with Crippen molar-refractivity contribution in [1.29, 1.82) is 5.26 Å². The maximum absolute atomic E-state index is 11.7. The Kier molecular flexibility index (Phi) is 9.45. The number of hydrogen-bond acceptors (Lipinski definition) is 2. The highest BCUT2D eigenvalue weighted by molar-refractivity contribution is 6.12. The quantitative estimate of drug-likeness (QED) is 0.178. The monoisotopic (exact) mass is 810 g/mol. The topological polar surface area (TPSA) is 46.5 Å². The van der Waals surface area contributed by atoms with Crippen LogP contribution in [0.15, 0.2) is 133 Å². The van der Waals surface area contributed by atoms with Gasteiger partial charge in [-0.15, -0.1) is 0 Å². The molecule has 9 aromatic rings. The summed E-state index contributed by atoms with van der Waals surface area (Å²) < 4.78 is 4.67. The van der Waals surface area contributed by atoms with Gasteiger partial charge in [0.05, 0.1) is 44.8 Å². The molecular weight excluding hydrogens is 753 g/mol. The SMILES string of the molecule is CC(C)(C)c1ccc2c(c1)c1cc(C(C)(C)C)ccc1n2-c1cc(-c2cccc(-c3ccccc3)n2)cc(-n2c3ccc(C(C)(C)C)cc3c3cc(C(C)(C)C)ccc32)c1C#N. The highest BCUT2D eigenvalue weighted by atomic mass is 15.0. The Morgan fingerprint density at radius 1 is 0.387 bits per heavy atom. The molecular formula is C58H58N4. The molecule has 0 saturated heterocycles. The lowest BCUT2D eigenvalue weighted by Gasteiger charge is -2.21. The van der Waals surface area contributed by atoms with Crippen molar-refractivity contribution in [1.82, 2.24) is 14.1 Å². The Balaban J connectivity index is 1.44. The third-order valence-corrected chi connectivity index (χ3v) is 12.8. The minimum Gasteiger partial charge on any atom is -0.308 e. The molecule has 3 aromatic heterocycles. The van der Waals surface area contributed by atoms with E-state index in [1.165, 1.54) is 43.8 Å². The van der Waals surface area contributed by atoms with Crippen molar-refractivity contribution >= 4 is 43.6 Å². The molecule has 0 aliphatic carbocycles. The Morgan fingerprint density at radius 3 is 1.05 bits per heavy atom. The van der Waals surface area contributed by atoms with Crippen molar-refractivity contribution in [2.45, 2.75) is 105 Å². The van der Waals surface area contributed by atoms with E-state index in [-0.39, 0.29) is 21.7 Å². The van der Waals surface area contributed by atoms with Crippen molar-refractivity contribution in [3.63, 3.8) is 0 Å². The number of pyridine rings is 1. The smallest absolute Gasteiger partial charge is 0.104 e.